The van der Waals surface area contributed by atoms with Crippen LogP contribution in [-0.2, 0) is 9.47 Å². The predicted octanol–water partition coefficient (Wildman–Crippen LogP) is 8.14. The van der Waals surface area contributed by atoms with Crippen molar-refractivity contribution in [1.29, 1.82) is 0 Å². The molecule has 2 nitrogen and oxygen atoms in total. The first-order valence-electron chi connectivity index (χ1n) is 11.9. The van der Waals surface area contributed by atoms with E-state index >= 15 is 0 Å². The first-order valence-corrected chi connectivity index (χ1v) is 11.9. The van der Waals surface area contributed by atoms with Crippen molar-refractivity contribution < 1.29 is 9.47 Å². The van der Waals surface area contributed by atoms with Crippen LogP contribution in [0.25, 0.3) is 0 Å². The van der Waals surface area contributed by atoms with Gasteiger partial charge in [0.15, 0.2) is 6.29 Å². The Balaban J connectivity index is 2.12. The summed E-state index contributed by atoms with van der Waals surface area (Å²) in [4.78, 5) is 0. The minimum Gasteiger partial charge on any atom is -0.353 e. The van der Waals surface area contributed by atoms with E-state index in [4.69, 9.17) is 9.47 Å². The predicted molar refractivity (Wildman–Crippen MR) is 118 cm³/mol. The molecule has 1 atom stereocenters. The maximum Gasteiger partial charge on any atom is 0.157 e. The van der Waals surface area contributed by atoms with Crippen molar-refractivity contribution in [3.63, 3.8) is 0 Å². The van der Waals surface area contributed by atoms with E-state index in [2.05, 4.69) is 48.5 Å². The molecule has 1 aliphatic heterocycles. The van der Waals surface area contributed by atoms with E-state index in [0.29, 0.717) is 0 Å². The van der Waals surface area contributed by atoms with Gasteiger partial charge in [0.05, 0.1) is 6.61 Å². The third-order valence-electron chi connectivity index (χ3n) is 7.00. The molecular formula is C25H50O2. The highest BCUT2D eigenvalue weighted by Crippen LogP contribution is 2.56. The van der Waals surface area contributed by atoms with Gasteiger partial charge in [-0.05, 0) is 30.1 Å². The van der Waals surface area contributed by atoms with Crippen molar-refractivity contribution in [3.05, 3.63) is 0 Å². The molecule has 0 amide bonds. The second-order valence-corrected chi connectivity index (χ2v) is 10.9. The zero-order valence-corrected chi connectivity index (χ0v) is 19.8. The fourth-order valence-corrected chi connectivity index (χ4v) is 5.00. The highest BCUT2D eigenvalue weighted by Gasteiger charge is 2.52. The maximum absolute atomic E-state index is 6.22. The van der Waals surface area contributed by atoms with E-state index in [1.54, 1.807) is 0 Å². The molecule has 0 aromatic carbocycles. The molecule has 0 aromatic heterocycles. The Kier molecular flexibility index (Phi) is 10.9. The summed E-state index contributed by atoms with van der Waals surface area (Å²) in [6.07, 6.45) is 15.9. The van der Waals surface area contributed by atoms with Crippen molar-refractivity contribution in [2.45, 2.75) is 132 Å². The molecule has 0 radical (unpaired) electrons. The standard InChI is InChI=1S/C25H50O2/c1-8-9-10-11-12-13-14-15-16-17-20-26-22-18-19-25(21-27-22,23(2,3)4)24(5,6)7/h22H,8-21H2,1-7H3. The molecule has 162 valence electrons. The molecule has 27 heavy (non-hydrogen) atoms. The Labute approximate surface area is 171 Å². The summed E-state index contributed by atoms with van der Waals surface area (Å²) in [6, 6.07) is 0. The molecule has 0 N–H and O–H groups in total. The maximum atomic E-state index is 6.22. The normalized spacial score (nSPS) is 20.8. The second-order valence-electron chi connectivity index (χ2n) is 10.9. The van der Waals surface area contributed by atoms with Crippen LogP contribution in [0.2, 0.25) is 0 Å². The lowest BCUT2D eigenvalue weighted by Crippen LogP contribution is -2.53. The molecule has 0 bridgehead atoms. The van der Waals surface area contributed by atoms with Crippen LogP contribution in [0, 0.1) is 16.2 Å². The Morgan fingerprint density at radius 1 is 0.778 bits per heavy atom. The van der Waals surface area contributed by atoms with Crippen LogP contribution in [0.1, 0.15) is 126 Å². The molecule has 1 unspecified atom stereocenters. The largest absolute Gasteiger partial charge is 0.353 e. The minimum atomic E-state index is 0.0152. The van der Waals surface area contributed by atoms with Crippen LogP contribution >= 0.6 is 0 Å². The summed E-state index contributed by atoms with van der Waals surface area (Å²) < 4.78 is 12.3. The molecule has 0 aliphatic carbocycles. The van der Waals surface area contributed by atoms with Crippen LogP contribution in [0.3, 0.4) is 0 Å². The van der Waals surface area contributed by atoms with Gasteiger partial charge in [0, 0.05) is 12.0 Å². The van der Waals surface area contributed by atoms with Crippen molar-refractivity contribution in [2.75, 3.05) is 13.2 Å². The summed E-state index contributed by atoms with van der Waals surface area (Å²) in [6.45, 7) is 18.2. The summed E-state index contributed by atoms with van der Waals surface area (Å²) >= 11 is 0. The third-order valence-corrected chi connectivity index (χ3v) is 7.00. The molecule has 0 spiro atoms. The highest BCUT2D eigenvalue weighted by molar-refractivity contribution is 5.00. The van der Waals surface area contributed by atoms with Gasteiger partial charge in [-0.2, -0.15) is 0 Å². The smallest absolute Gasteiger partial charge is 0.157 e. The van der Waals surface area contributed by atoms with Crippen LogP contribution in [-0.4, -0.2) is 19.5 Å². The van der Waals surface area contributed by atoms with E-state index in [9.17, 15) is 0 Å². The molecule has 0 saturated carbocycles. The highest BCUT2D eigenvalue weighted by atomic mass is 16.7. The van der Waals surface area contributed by atoms with Gasteiger partial charge in [0.2, 0.25) is 0 Å². The quantitative estimate of drug-likeness (QED) is 0.317. The van der Waals surface area contributed by atoms with Gasteiger partial charge in [-0.15, -0.1) is 0 Å². The fraction of sp³-hybridized carbons (Fsp3) is 1.00. The summed E-state index contributed by atoms with van der Waals surface area (Å²) in [7, 11) is 0. The number of unbranched alkanes of at least 4 members (excludes halogenated alkanes) is 9. The zero-order valence-electron chi connectivity index (χ0n) is 19.8. The Morgan fingerprint density at radius 2 is 1.26 bits per heavy atom. The third kappa shape index (κ3) is 8.05. The SMILES string of the molecule is CCCCCCCCCCCCOC1CCC(C(C)(C)C)(C(C)(C)C)CO1. The van der Waals surface area contributed by atoms with Gasteiger partial charge in [-0.3, -0.25) is 0 Å². The fourth-order valence-electron chi connectivity index (χ4n) is 5.00. The van der Waals surface area contributed by atoms with E-state index in [1.165, 1.54) is 70.6 Å². The van der Waals surface area contributed by atoms with Gasteiger partial charge >= 0.3 is 0 Å². The molecule has 1 rings (SSSR count). The van der Waals surface area contributed by atoms with E-state index in [0.717, 1.165) is 19.6 Å². The first-order chi connectivity index (χ1) is 12.6. The molecule has 1 fully saturated rings. The minimum absolute atomic E-state index is 0.0152. The van der Waals surface area contributed by atoms with Crippen molar-refractivity contribution >= 4 is 0 Å². The van der Waals surface area contributed by atoms with Crippen LogP contribution in [0.15, 0.2) is 0 Å². The molecule has 0 aromatic rings. The number of hydrogen-bond acceptors (Lipinski definition) is 2. The first kappa shape index (κ1) is 25.0. The van der Waals surface area contributed by atoms with Gasteiger partial charge in [-0.25, -0.2) is 0 Å². The average molecular weight is 383 g/mol. The topological polar surface area (TPSA) is 18.5 Å². The lowest BCUT2D eigenvalue weighted by atomic mass is 9.52. The summed E-state index contributed by atoms with van der Waals surface area (Å²) in [5.74, 6) is 0. The van der Waals surface area contributed by atoms with Gasteiger partial charge in [0.25, 0.3) is 0 Å². The number of hydrogen-bond donors (Lipinski definition) is 0. The van der Waals surface area contributed by atoms with Gasteiger partial charge < -0.3 is 9.47 Å². The molecule has 1 saturated heterocycles. The average Bonchev–Trinajstić information content (AvgIpc) is 2.58. The Bertz CT molecular complexity index is 351. The Hall–Kier alpha value is -0.0800. The van der Waals surface area contributed by atoms with Crippen molar-refractivity contribution in [1.82, 2.24) is 0 Å². The molecule has 1 aliphatic rings. The van der Waals surface area contributed by atoms with Crippen LogP contribution < -0.4 is 0 Å². The summed E-state index contributed by atoms with van der Waals surface area (Å²) in [5.41, 5.74) is 0.705. The number of ether oxygens (including phenoxy) is 2. The van der Waals surface area contributed by atoms with Crippen molar-refractivity contribution in [3.8, 4) is 0 Å². The zero-order chi connectivity index (χ0) is 20.4. The van der Waals surface area contributed by atoms with Gasteiger partial charge in [0.1, 0.15) is 0 Å². The molecule has 1 heterocycles. The summed E-state index contributed by atoms with van der Waals surface area (Å²) in [5, 5.41) is 0. The second kappa shape index (κ2) is 11.8. The molecule has 2 heteroatoms. The van der Waals surface area contributed by atoms with Crippen LogP contribution in [0.4, 0.5) is 0 Å². The van der Waals surface area contributed by atoms with Gasteiger partial charge in [-0.1, -0.05) is 106 Å². The van der Waals surface area contributed by atoms with E-state index in [1.807, 2.05) is 0 Å². The monoisotopic (exact) mass is 382 g/mol. The number of rotatable bonds is 12. The van der Waals surface area contributed by atoms with E-state index < -0.39 is 0 Å². The lowest BCUT2D eigenvalue weighted by Gasteiger charge is -2.56. The molecular weight excluding hydrogens is 332 g/mol. The van der Waals surface area contributed by atoms with Crippen LogP contribution in [0.5, 0.6) is 0 Å². The van der Waals surface area contributed by atoms with Crippen molar-refractivity contribution in [2.24, 2.45) is 16.2 Å². The Morgan fingerprint density at radius 3 is 1.67 bits per heavy atom. The lowest BCUT2D eigenvalue weighted by molar-refractivity contribution is -0.235. The van der Waals surface area contributed by atoms with E-state index in [-0.39, 0.29) is 22.5 Å².